The van der Waals surface area contributed by atoms with Gasteiger partial charge in [0.1, 0.15) is 0 Å². The summed E-state index contributed by atoms with van der Waals surface area (Å²) in [7, 11) is 0. The third-order valence-electron chi connectivity index (χ3n) is 4.63. The van der Waals surface area contributed by atoms with Crippen molar-refractivity contribution in [2.24, 2.45) is 0 Å². The van der Waals surface area contributed by atoms with Gasteiger partial charge in [-0.05, 0) is 55.2 Å². The lowest BCUT2D eigenvalue weighted by molar-refractivity contribution is 0.231. The summed E-state index contributed by atoms with van der Waals surface area (Å²) in [4.78, 5) is 0. The molecule has 2 rings (SSSR count). The molecule has 0 aliphatic heterocycles. The summed E-state index contributed by atoms with van der Waals surface area (Å²) in [5.41, 5.74) is 2.04. The zero-order chi connectivity index (χ0) is 18.4. The van der Waals surface area contributed by atoms with Crippen LogP contribution in [0.3, 0.4) is 0 Å². The summed E-state index contributed by atoms with van der Waals surface area (Å²) in [6.07, 6.45) is 1.59. The van der Waals surface area contributed by atoms with Crippen molar-refractivity contribution in [3.8, 4) is 0 Å². The van der Waals surface area contributed by atoms with Crippen LogP contribution in [0.5, 0.6) is 0 Å². The van der Waals surface area contributed by atoms with Crippen molar-refractivity contribution in [2.75, 3.05) is 6.61 Å². The van der Waals surface area contributed by atoms with Crippen molar-refractivity contribution in [3.63, 3.8) is 0 Å². The molecule has 0 heterocycles. The zero-order valence-corrected chi connectivity index (χ0v) is 16.6. The molecule has 0 radical (unpaired) electrons. The maximum absolute atomic E-state index is 9.41. The molecule has 2 N–H and O–H groups in total. The van der Waals surface area contributed by atoms with E-state index in [1.807, 2.05) is 30.3 Å². The van der Waals surface area contributed by atoms with Gasteiger partial charge in [0.15, 0.2) is 0 Å². The molecule has 2 atom stereocenters. The van der Waals surface area contributed by atoms with E-state index in [4.69, 9.17) is 23.2 Å². The van der Waals surface area contributed by atoms with E-state index in [0.717, 1.165) is 22.9 Å². The third kappa shape index (κ3) is 5.21. The number of halogens is 2. The number of hydrogen-bond donors (Lipinski definition) is 2. The van der Waals surface area contributed by atoms with Crippen LogP contribution >= 0.6 is 23.2 Å². The molecule has 0 bridgehead atoms. The van der Waals surface area contributed by atoms with Crippen LogP contribution in [0.25, 0.3) is 0 Å². The highest BCUT2D eigenvalue weighted by Crippen LogP contribution is 2.41. The molecule has 136 valence electrons. The second kappa shape index (κ2) is 9.05. The van der Waals surface area contributed by atoms with E-state index >= 15 is 0 Å². The maximum atomic E-state index is 9.41. The van der Waals surface area contributed by atoms with Crippen LogP contribution in [0.15, 0.2) is 48.5 Å². The number of hydrogen-bond acceptors (Lipinski definition) is 2. The lowest BCUT2D eigenvalue weighted by Gasteiger charge is -2.41. The average Bonchev–Trinajstić information content (AvgIpc) is 2.55. The molecule has 0 fully saturated rings. The summed E-state index contributed by atoms with van der Waals surface area (Å²) in [5.74, 6) is 0.168. The minimum absolute atomic E-state index is 0.168. The van der Waals surface area contributed by atoms with Crippen LogP contribution in [0.2, 0.25) is 10.0 Å². The number of benzene rings is 2. The first-order valence-corrected chi connectivity index (χ1v) is 9.52. The number of aliphatic hydroxyl groups excluding tert-OH is 1. The quantitative estimate of drug-likeness (QED) is 0.610. The molecule has 4 heteroatoms. The molecule has 25 heavy (non-hydrogen) atoms. The number of rotatable bonds is 8. The van der Waals surface area contributed by atoms with Crippen molar-refractivity contribution >= 4 is 23.2 Å². The number of aliphatic hydroxyl groups is 1. The highest BCUT2D eigenvalue weighted by atomic mass is 35.5. The Morgan fingerprint density at radius 1 is 1.04 bits per heavy atom. The summed E-state index contributed by atoms with van der Waals surface area (Å²) in [5, 5.41) is 14.6. The Morgan fingerprint density at radius 3 is 2.28 bits per heavy atom. The minimum atomic E-state index is -0.307. The fourth-order valence-corrected chi connectivity index (χ4v) is 3.91. The molecule has 0 spiro atoms. The fraction of sp³-hybridized carbons (Fsp3) is 0.429. The monoisotopic (exact) mass is 379 g/mol. The Morgan fingerprint density at radius 2 is 1.72 bits per heavy atom. The van der Waals surface area contributed by atoms with Crippen molar-refractivity contribution < 1.29 is 5.11 Å². The van der Waals surface area contributed by atoms with Gasteiger partial charge < -0.3 is 10.4 Å². The lowest BCUT2D eigenvalue weighted by atomic mass is 9.73. The molecule has 0 amide bonds. The van der Waals surface area contributed by atoms with Crippen LogP contribution in [-0.4, -0.2) is 17.8 Å². The Hall–Kier alpha value is -1.06. The average molecular weight is 380 g/mol. The SMILES string of the molecule is CC(C)NC(C)(c1ccc(Cl)cc1)[C@H](CCCO)c1cccc(Cl)c1. The lowest BCUT2D eigenvalue weighted by Crippen LogP contribution is -2.48. The van der Waals surface area contributed by atoms with Crippen LogP contribution in [0.4, 0.5) is 0 Å². The summed E-state index contributed by atoms with van der Waals surface area (Å²) >= 11 is 12.4. The molecule has 1 unspecified atom stereocenters. The van der Waals surface area contributed by atoms with Gasteiger partial charge in [0.05, 0.1) is 0 Å². The molecule has 0 aromatic heterocycles. The Bertz CT molecular complexity index is 672. The highest BCUT2D eigenvalue weighted by molar-refractivity contribution is 6.30. The molecule has 0 aliphatic carbocycles. The van der Waals surface area contributed by atoms with Crippen LogP contribution < -0.4 is 5.32 Å². The van der Waals surface area contributed by atoms with Gasteiger partial charge in [-0.15, -0.1) is 0 Å². The van der Waals surface area contributed by atoms with Gasteiger partial charge in [-0.25, -0.2) is 0 Å². The largest absolute Gasteiger partial charge is 0.396 e. The van der Waals surface area contributed by atoms with Crippen molar-refractivity contribution in [1.82, 2.24) is 5.32 Å². The van der Waals surface area contributed by atoms with E-state index in [1.165, 1.54) is 11.1 Å². The Balaban J connectivity index is 2.53. The summed E-state index contributed by atoms with van der Waals surface area (Å²) < 4.78 is 0. The predicted molar refractivity (Wildman–Crippen MR) is 108 cm³/mol. The molecule has 0 saturated heterocycles. The standard InChI is InChI=1S/C21H27Cl2NO/c1-15(2)24-21(3,17-9-11-18(22)12-10-17)20(8-5-13-25)16-6-4-7-19(23)14-16/h4,6-7,9-12,14-15,20,24-25H,5,8,13H2,1-3H3/t20-,21?/m1/s1. The van der Waals surface area contributed by atoms with E-state index in [9.17, 15) is 5.11 Å². The normalized spacial score (nSPS) is 15.2. The smallest absolute Gasteiger partial charge is 0.0477 e. The Kier molecular flexibility index (Phi) is 7.33. The van der Waals surface area contributed by atoms with Crippen LogP contribution in [0.1, 0.15) is 50.7 Å². The van der Waals surface area contributed by atoms with Gasteiger partial charge in [0, 0.05) is 34.2 Å². The zero-order valence-electron chi connectivity index (χ0n) is 15.1. The second-order valence-electron chi connectivity index (χ2n) is 6.98. The van der Waals surface area contributed by atoms with Gasteiger partial charge in [0.25, 0.3) is 0 Å². The first kappa shape index (κ1) is 20.3. The number of nitrogens with one attached hydrogen (secondary N) is 1. The predicted octanol–water partition coefficient (Wildman–Crippen LogP) is 5.76. The van der Waals surface area contributed by atoms with E-state index in [1.54, 1.807) is 0 Å². The molecule has 0 aliphatic rings. The minimum Gasteiger partial charge on any atom is -0.396 e. The van der Waals surface area contributed by atoms with Gasteiger partial charge >= 0.3 is 0 Å². The van der Waals surface area contributed by atoms with Crippen molar-refractivity contribution in [2.45, 2.75) is 51.1 Å². The first-order chi connectivity index (χ1) is 11.9. The highest BCUT2D eigenvalue weighted by Gasteiger charge is 2.37. The molecule has 2 aromatic carbocycles. The Labute approximate surface area is 161 Å². The molecular weight excluding hydrogens is 353 g/mol. The molecule has 0 saturated carbocycles. The van der Waals surface area contributed by atoms with Crippen LogP contribution in [-0.2, 0) is 5.54 Å². The molecule has 2 aromatic rings. The molecule has 2 nitrogen and oxygen atoms in total. The van der Waals surface area contributed by atoms with Crippen molar-refractivity contribution in [3.05, 3.63) is 69.7 Å². The van der Waals surface area contributed by atoms with Gasteiger partial charge in [0.2, 0.25) is 0 Å². The summed E-state index contributed by atoms with van der Waals surface area (Å²) in [6, 6.07) is 16.3. The fourth-order valence-electron chi connectivity index (χ4n) is 3.59. The molecular formula is C21H27Cl2NO. The van der Waals surface area contributed by atoms with E-state index in [0.29, 0.717) is 6.04 Å². The van der Waals surface area contributed by atoms with Crippen LogP contribution in [0, 0.1) is 0 Å². The van der Waals surface area contributed by atoms with E-state index in [2.05, 4.69) is 44.3 Å². The van der Waals surface area contributed by atoms with Gasteiger partial charge in [-0.1, -0.05) is 61.3 Å². The van der Waals surface area contributed by atoms with Gasteiger partial charge in [-0.2, -0.15) is 0 Å². The third-order valence-corrected chi connectivity index (χ3v) is 5.12. The first-order valence-electron chi connectivity index (χ1n) is 8.77. The van der Waals surface area contributed by atoms with Crippen molar-refractivity contribution in [1.29, 1.82) is 0 Å². The maximum Gasteiger partial charge on any atom is 0.0477 e. The van der Waals surface area contributed by atoms with Gasteiger partial charge in [-0.3, -0.25) is 0 Å². The van der Waals surface area contributed by atoms with E-state index in [-0.39, 0.29) is 18.1 Å². The second-order valence-corrected chi connectivity index (χ2v) is 7.85. The summed E-state index contributed by atoms with van der Waals surface area (Å²) in [6.45, 7) is 6.69. The van der Waals surface area contributed by atoms with E-state index < -0.39 is 0 Å². The topological polar surface area (TPSA) is 32.3 Å².